The molecule has 0 radical (unpaired) electrons. The Morgan fingerprint density at radius 2 is 1.52 bits per heavy atom. The van der Waals surface area contributed by atoms with Crippen molar-refractivity contribution in [1.29, 1.82) is 0 Å². The zero-order valence-corrected chi connectivity index (χ0v) is 12.4. The summed E-state index contributed by atoms with van der Waals surface area (Å²) in [5.41, 5.74) is 3.41. The van der Waals surface area contributed by atoms with Crippen LogP contribution in [-0.2, 0) is 0 Å². The molecule has 2 nitrogen and oxygen atoms in total. The number of hydrogen-bond acceptors (Lipinski definition) is 2. The second-order valence-electron chi connectivity index (χ2n) is 5.42. The molecule has 0 spiro atoms. The third-order valence-electron chi connectivity index (χ3n) is 3.89. The van der Waals surface area contributed by atoms with Crippen LogP contribution in [0.5, 0.6) is 0 Å². The molecular formula is C21H14O2. The van der Waals surface area contributed by atoms with Crippen molar-refractivity contribution in [3.05, 3.63) is 90.0 Å². The second-order valence-corrected chi connectivity index (χ2v) is 5.42. The number of ketones is 1. The summed E-state index contributed by atoms with van der Waals surface area (Å²) in [5.74, 6) is 0.00255. The number of carbonyl (C=O) groups is 1. The Bertz CT molecular complexity index is 1020. The molecule has 0 atom stereocenters. The first kappa shape index (κ1) is 13.5. The van der Waals surface area contributed by atoms with E-state index in [1.807, 2.05) is 72.8 Å². The van der Waals surface area contributed by atoms with Crippen molar-refractivity contribution in [2.75, 3.05) is 0 Å². The average molecular weight is 298 g/mol. The van der Waals surface area contributed by atoms with Crippen molar-refractivity contribution >= 4 is 33.8 Å². The lowest BCUT2D eigenvalue weighted by molar-refractivity contribution is 0.104. The second kappa shape index (κ2) is 5.58. The molecule has 4 rings (SSSR count). The van der Waals surface area contributed by atoms with Gasteiger partial charge in [0.2, 0.25) is 0 Å². The van der Waals surface area contributed by atoms with Gasteiger partial charge in [-0.3, -0.25) is 4.79 Å². The van der Waals surface area contributed by atoms with Crippen LogP contribution >= 0.6 is 0 Å². The van der Waals surface area contributed by atoms with E-state index in [4.69, 9.17) is 4.42 Å². The van der Waals surface area contributed by atoms with Crippen LogP contribution < -0.4 is 0 Å². The van der Waals surface area contributed by atoms with E-state index in [9.17, 15) is 4.79 Å². The van der Waals surface area contributed by atoms with E-state index in [-0.39, 0.29) is 5.78 Å². The predicted octanol–water partition coefficient (Wildman–Crippen LogP) is 5.48. The molecule has 0 aliphatic rings. The van der Waals surface area contributed by atoms with E-state index >= 15 is 0 Å². The number of allylic oxidation sites excluding steroid dienone is 1. The minimum Gasteiger partial charge on any atom is -0.456 e. The lowest BCUT2D eigenvalue weighted by atomic mass is 10.1. The van der Waals surface area contributed by atoms with Gasteiger partial charge in [-0.2, -0.15) is 0 Å². The summed E-state index contributed by atoms with van der Waals surface area (Å²) in [6, 6.07) is 23.2. The van der Waals surface area contributed by atoms with Gasteiger partial charge in [0.05, 0.1) is 0 Å². The Morgan fingerprint density at radius 3 is 2.39 bits per heavy atom. The predicted molar refractivity (Wildman–Crippen MR) is 93.5 cm³/mol. The van der Waals surface area contributed by atoms with Gasteiger partial charge in [0, 0.05) is 16.3 Å². The molecule has 0 N–H and O–H groups in total. The summed E-state index contributed by atoms with van der Waals surface area (Å²) in [7, 11) is 0. The number of carbonyl (C=O) groups excluding carboxylic acids is 1. The molecule has 0 fully saturated rings. The SMILES string of the molecule is O=C(C=Cc1ccc2oc3ccccc3c2c1)c1ccccc1. The molecule has 3 aromatic carbocycles. The first-order valence-corrected chi connectivity index (χ1v) is 7.50. The molecule has 0 saturated carbocycles. The van der Waals surface area contributed by atoms with Crippen molar-refractivity contribution < 1.29 is 9.21 Å². The zero-order chi connectivity index (χ0) is 15.6. The summed E-state index contributed by atoms with van der Waals surface area (Å²) in [4.78, 5) is 12.1. The maximum absolute atomic E-state index is 12.1. The Balaban J connectivity index is 1.70. The highest BCUT2D eigenvalue weighted by molar-refractivity contribution is 6.08. The molecular weight excluding hydrogens is 284 g/mol. The van der Waals surface area contributed by atoms with Crippen LogP contribution in [0.4, 0.5) is 0 Å². The molecule has 4 aromatic rings. The highest BCUT2D eigenvalue weighted by Crippen LogP contribution is 2.29. The Hall–Kier alpha value is -3.13. The fraction of sp³-hybridized carbons (Fsp3) is 0. The summed E-state index contributed by atoms with van der Waals surface area (Å²) in [6.07, 6.45) is 3.45. The molecule has 1 heterocycles. The van der Waals surface area contributed by atoms with Gasteiger partial charge in [-0.05, 0) is 29.8 Å². The molecule has 110 valence electrons. The van der Waals surface area contributed by atoms with E-state index in [1.54, 1.807) is 6.08 Å². The summed E-state index contributed by atoms with van der Waals surface area (Å²) >= 11 is 0. The van der Waals surface area contributed by atoms with E-state index in [1.165, 1.54) is 0 Å². The van der Waals surface area contributed by atoms with Crippen molar-refractivity contribution in [3.63, 3.8) is 0 Å². The summed E-state index contributed by atoms with van der Waals surface area (Å²) < 4.78 is 5.81. The topological polar surface area (TPSA) is 30.2 Å². The maximum atomic E-state index is 12.1. The molecule has 0 aliphatic heterocycles. The fourth-order valence-electron chi connectivity index (χ4n) is 2.72. The first-order valence-electron chi connectivity index (χ1n) is 7.50. The lowest BCUT2D eigenvalue weighted by Gasteiger charge is -1.96. The minimum atomic E-state index is 0.00255. The fourth-order valence-corrected chi connectivity index (χ4v) is 2.72. The van der Waals surface area contributed by atoms with Crippen LogP contribution in [0.2, 0.25) is 0 Å². The van der Waals surface area contributed by atoms with Crippen molar-refractivity contribution in [1.82, 2.24) is 0 Å². The van der Waals surface area contributed by atoms with Crippen LogP contribution in [-0.4, -0.2) is 5.78 Å². The highest BCUT2D eigenvalue weighted by atomic mass is 16.3. The van der Waals surface area contributed by atoms with Gasteiger partial charge in [0.1, 0.15) is 11.2 Å². The standard InChI is InChI=1S/C21H14O2/c22-19(16-6-2-1-3-7-16)12-10-15-11-13-21-18(14-15)17-8-4-5-9-20(17)23-21/h1-14H. The van der Waals surface area contributed by atoms with Crippen LogP contribution in [0.25, 0.3) is 28.0 Å². The van der Waals surface area contributed by atoms with E-state index < -0.39 is 0 Å². The summed E-state index contributed by atoms with van der Waals surface area (Å²) in [6.45, 7) is 0. The normalized spacial score (nSPS) is 11.5. The number of furan rings is 1. The number of para-hydroxylation sites is 1. The number of fused-ring (bicyclic) bond motifs is 3. The third kappa shape index (κ3) is 2.55. The van der Waals surface area contributed by atoms with E-state index in [0.717, 1.165) is 27.5 Å². The number of rotatable bonds is 3. The largest absolute Gasteiger partial charge is 0.456 e. The van der Waals surface area contributed by atoms with Crippen LogP contribution in [0, 0.1) is 0 Å². The van der Waals surface area contributed by atoms with Gasteiger partial charge in [-0.1, -0.05) is 60.7 Å². The lowest BCUT2D eigenvalue weighted by Crippen LogP contribution is -1.92. The smallest absolute Gasteiger partial charge is 0.185 e. The number of hydrogen-bond donors (Lipinski definition) is 0. The van der Waals surface area contributed by atoms with Crippen LogP contribution in [0.3, 0.4) is 0 Å². The molecule has 0 unspecified atom stereocenters. The van der Waals surface area contributed by atoms with Gasteiger partial charge >= 0.3 is 0 Å². The molecule has 23 heavy (non-hydrogen) atoms. The number of benzene rings is 3. The molecule has 0 aliphatic carbocycles. The van der Waals surface area contributed by atoms with Gasteiger partial charge in [0.25, 0.3) is 0 Å². The zero-order valence-electron chi connectivity index (χ0n) is 12.4. The molecule has 1 aromatic heterocycles. The van der Waals surface area contributed by atoms with Crippen molar-refractivity contribution in [3.8, 4) is 0 Å². The first-order chi connectivity index (χ1) is 11.3. The average Bonchev–Trinajstić information content (AvgIpc) is 2.98. The Morgan fingerprint density at radius 1 is 0.783 bits per heavy atom. The minimum absolute atomic E-state index is 0.00255. The van der Waals surface area contributed by atoms with Crippen LogP contribution in [0.1, 0.15) is 15.9 Å². The highest BCUT2D eigenvalue weighted by Gasteiger charge is 2.06. The molecule has 0 amide bonds. The van der Waals surface area contributed by atoms with Gasteiger partial charge in [-0.15, -0.1) is 0 Å². The van der Waals surface area contributed by atoms with Gasteiger partial charge < -0.3 is 4.42 Å². The summed E-state index contributed by atoms with van der Waals surface area (Å²) in [5, 5.41) is 2.15. The molecule has 0 bridgehead atoms. The maximum Gasteiger partial charge on any atom is 0.185 e. The van der Waals surface area contributed by atoms with Gasteiger partial charge in [0.15, 0.2) is 5.78 Å². The Labute approximate surface area is 133 Å². The quantitative estimate of drug-likeness (QED) is 0.370. The van der Waals surface area contributed by atoms with Crippen molar-refractivity contribution in [2.24, 2.45) is 0 Å². The van der Waals surface area contributed by atoms with Crippen LogP contribution in [0.15, 0.2) is 83.3 Å². The monoisotopic (exact) mass is 298 g/mol. The molecule has 0 saturated heterocycles. The van der Waals surface area contributed by atoms with Gasteiger partial charge in [-0.25, -0.2) is 0 Å². The third-order valence-corrected chi connectivity index (χ3v) is 3.89. The Kier molecular flexibility index (Phi) is 3.28. The van der Waals surface area contributed by atoms with Crippen molar-refractivity contribution in [2.45, 2.75) is 0 Å². The van der Waals surface area contributed by atoms with E-state index in [0.29, 0.717) is 5.56 Å². The molecule has 2 heteroatoms. The van der Waals surface area contributed by atoms with E-state index in [2.05, 4.69) is 6.07 Å².